The minimum absolute atomic E-state index is 1.08. The van der Waals surface area contributed by atoms with E-state index in [1.165, 1.54) is 93.7 Å². The van der Waals surface area contributed by atoms with E-state index in [-0.39, 0.29) is 0 Å². The molecule has 0 saturated carbocycles. The van der Waals surface area contributed by atoms with E-state index in [9.17, 15) is 0 Å². The third-order valence-corrected chi connectivity index (χ3v) is 5.62. The lowest BCUT2D eigenvalue weighted by atomic mass is 9.94. The molecule has 0 saturated heterocycles. The smallest absolute Gasteiger partial charge is 0.00229 e. The van der Waals surface area contributed by atoms with Gasteiger partial charge in [0, 0.05) is 0 Å². The second-order valence-electron chi connectivity index (χ2n) is 8.09. The second kappa shape index (κ2) is 13.6. The van der Waals surface area contributed by atoms with Crippen molar-refractivity contribution in [3.63, 3.8) is 0 Å². The van der Waals surface area contributed by atoms with Crippen molar-refractivity contribution in [2.24, 2.45) is 0 Å². The van der Waals surface area contributed by atoms with Crippen LogP contribution in [0, 0.1) is 0 Å². The van der Waals surface area contributed by atoms with Crippen LogP contribution in [0.15, 0.2) is 48.5 Å². The van der Waals surface area contributed by atoms with Crippen LogP contribution in [0.4, 0.5) is 0 Å². The van der Waals surface area contributed by atoms with Crippen LogP contribution >= 0.6 is 0 Å². The van der Waals surface area contributed by atoms with Crippen molar-refractivity contribution in [3.05, 3.63) is 70.8 Å². The van der Waals surface area contributed by atoms with E-state index in [4.69, 9.17) is 0 Å². The van der Waals surface area contributed by atoms with E-state index in [0.717, 1.165) is 6.42 Å². The van der Waals surface area contributed by atoms with Crippen LogP contribution in [-0.2, 0) is 19.3 Å². The summed E-state index contributed by atoms with van der Waals surface area (Å²) < 4.78 is 0. The lowest BCUT2D eigenvalue weighted by Crippen LogP contribution is -1.97. The summed E-state index contributed by atoms with van der Waals surface area (Å²) in [6, 6.07) is 18.4. The molecular weight excluding hydrogens is 324 g/mol. The zero-order chi connectivity index (χ0) is 19.2. The molecule has 0 heterocycles. The zero-order valence-electron chi connectivity index (χ0n) is 17.8. The lowest BCUT2D eigenvalue weighted by molar-refractivity contribution is 0.631. The fourth-order valence-corrected chi connectivity index (χ4v) is 3.94. The number of aryl methyl sites for hydroxylation is 2. The first kappa shape index (κ1) is 21.7. The number of benzene rings is 2. The molecule has 2 aromatic rings. The van der Waals surface area contributed by atoms with Crippen LogP contribution in [0.25, 0.3) is 0 Å². The molecule has 0 aliphatic carbocycles. The Labute approximate surface area is 168 Å². The highest BCUT2D eigenvalue weighted by Gasteiger charge is 2.04. The topological polar surface area (TPSA) is 0 Å². The highest BCUT2D eigenvalue weighted by Crippen LogP contribution is 2.19. The van der Waals surface area contributed by atoms with Crippen molar-refractivity contribution in [3.8, 4) is 0 Å². The van der Waals surface area contributed by atoms with Crippen LogP contribution < -0.4 is 0 Å². The van der Waals surface area contributed by atoms with Gasteiger partial charge in [-0.2, -0.15) is 0 Å². The van der Waals surface area contributed by atoms with Gasteiger partial charge in [0.15, 0.2) is 0 Å². The van der Waals surface area contributed by atoms with E-state index in [1.54, 1.807) is 5.56 Å². The Balaban J connectivity index is 1.88. The van der Waals surface area contributed by atoms with E-state index >= 15 is 0 Å². The monoisotopic (exact) mass is 364 g/mol. The van der Waals surface area contributed by atoms with Crippen molar-refractivity contribution >= 4 is 0 Å². The zero-order valence-corrected chi connectivity index (χ0v) is 17.8. The molecule has 0 radical (unpaired) electrons. The molecule has 0 aromatic heterocycles. The molecule has 0 atom stereocenters. The fourth-order valence-electron chi connectivity index (χ4n) is 3.94. The molecule has 148 valence electrons. The molecule has 0 nitrogen and oxygen atoms in total. The number of unbranched alkanes of at least 4 members (excludes halogenated alkanes) is 8. The summed E-state index contributed by atoms with van der Waals surface area (Å²) in [6.07, 6.45) is 17.1. The number of hydrogen-bond donors (Lipinski definition) is 0. The molecule has 2 aromatic carbocycles. The summed E-state index contributed by atoms with van der Waals surface area (Å²) in [5.41, 5.74) is 6.06. The molecule has 2 rings (SSSR count). The van der Waals surface area contributed by atoms with Crippen molar-refractivity contribution in [1.82, 2.24) is 0 Å². The van der Waals surface area contributed by atoms with Crippen LogP contribution in [0.5, 0.6) is 0 Å². The van der Waals surface area contributed by atoms with Gasteiger partial charge in [0.1, 0.15) is 0 Å². The van der Waals surface area contributed by atoms with Gasteiger partial charge in [0.05, 0.1) is 0 Å². The van der Waals surface area contributed by atoms with Crippen LogP contribution in [0.2, 0.25) is 0 Å². The molecule has 27 heavy (non-hydrogen) atoms. The summed E-state index contributed by atoms with van der Waals surface area (Å²) in [4.78, 5) is 0. The van der Waals surface area contributed by atoms with E-state index in [2.05, 4.69) is 62.4 Å². The van der Waals surface area contributed by atoms with Crippen molar-refractivity contribution < 1.29 is 0 Å². The summed E-state index contributed by atoms with van der Waals surface area (Å²) in [6.45, 7) is 4.57. The number of rotatable bonds is 14. The Morgan fingerprint density at radius 1 is 0.519 bits per heavy atom. The van der Waals surface area contributed by atoms with Crippen LogP contribution in [0.1, 0.15) is 100 Å². The highest BCUT2D eigenvalue weighted by molar-refractivity contribution is 5.34. The summed E-state index contributed by atoms with van der Waals surface area (Å²) in [5, 5.41) is 0. The van der Waals surface area contributed by atoms with Gasteiger partial charge in [-0.1, -0.05) is 114 Å². The first-order valence-electron chi connectivity index (χ1n) is 11.5. The minimum Gasteiger partial charge on any atom is -0.0654 e. The highest BCUT2D eigenvalue weighted by atomic mass is 14.1. The Hall–Kier alpha value is -1.56. The third-order valence-electron chi connectivity index (χ3n) is 5.62. The van der Waals surface area contributed by atoms with Gasteiger partial charge in [-0.15, -0.1) is 0 Å². The van der Waals surface area contributed by atoms with E-state index in [0.29, 0.717) is 0 Å². The molecule has 0 fully saturated rings. The van der Waals surface area contributed by atoms with Crippen molar-refractivity contribution in [1.29, 1.82) is 0 Å². The summed E-state index contributed by atoms with van der Waals surface area (Å²) in [7, 11) is 0. The quantitative estimate of drug-likeness (QED) is 0.296. The van der Waals surface area contributed by atoms with Gasteiger partial charge in [-0.3, -0.25) is 0 Å². The lowest BCUT2D eigenvalue weighted by Gasteiger charge is -2.11. The second-order valence-corrected chi connectivity index (χ2v) is 8.09. The largest absolute Gasteiger partial charge is 0.0654 e. The molecule has 0 aliphatic rings. The van der Waals surface area contributed by atoms with E-state index < -0.39 is 0 Å². The summed E-state index contributed by atoms with van der Waals surface area (Å²) in [5.74, 6) is 0. The minimum atomic E-state index is 1.08. The van der Waals surface area contributed by atoms with Gasteiger partial charge in [-0.05, 0) is 54.4 Å². The predicted octanol–water partition coefficient (Wildman–Crippen LogP) is 8.30. The van der Waals surface area contributed by atoms with Gasteiger partial charge in [0.2, 0.25) is 0 Å². The Bertz CT molecular complexity index is 625. The molecule has 0 bridgehead atoms. The molecule has 0 amide bonds. The van der Waals surface area contributed by atoms with Crippen LogP contribution in [-0.4, -0.2) is 0 Å². The Morgan fingerprint density at radius 3 is 1.81 bits per heavy atom. The summed E-state index contributed by atoms with van der Waals surface area (Å²) >= 11 is 0. The van der Waals surface area contributed by atoms with Gasteiger partial charge in [0.25, 0.3) is 0 Å². The molecule has 0 N–H and O–H groups in total. The van der Waals surface area contributed by atoms with Crippen molar-refractivity contribution in [2.75, 3.05) is 0 Å². The molecule has 0 unspecified atom stereocenters. The molecule has 0 aliphatic heterocycles. The maximum absolute atomic E-state index is 2.44. The Kier molecular flexibility index (Phi) is 10.9. The predicted molar refractivity (Wildman–Crippen MR) is 121 cm³/mol. The number of hydrogen-bond acceptors (Lipinski definition) is 0. The van der Waals surface area contributed by atoms with Gasteiger partial charge in [-0.25, -0.2) is 0 Å². The SMILES string of the molecule is CCCCCCCc1cccc(Cc2ccccc2CCCCCCC)c1. The van der Waals surface area contributed by atoms with E-state index in [1.807, 2.05) is 0 Å². The third kappa shape index (κ3) is 8.78. The normalized spacial score (nSPS) is 11.0. The fraction of sp³-hybridized carbons (Fsp3) is 0.556. The maximum atomic E-state index is 2.44. The Morgan fingerprint density at radius 2 is 1.11 bits per heavy atom. The molecule has 0 heteroatoms. The first-order valence-corrected chi connectivity index (χ1v) is 11.5. The maximum Gasteiger partial charge on any atom is -0.00229 e. The average molecular weight is 365 g/mol. The van der Waals surface area contributed by atoms with Crippen LogP contribution in [0.3, 0.4) is 0 Å². The molecule has 0 spiro atoms. The standard InChI is InChI=1S/C27H40/c1-3-5-7-9-11-16-24-17-15-18-25(22-24)23-27-21-14-13-20-26(27)19-12-10-8-6-4-2/h13-15,17-18,20-22H,3-12,16,19,23H2,1-2H3. The van der Waals surface area contributed by atoms with Crippen molar-refractivity contribution in [2.45, 2.75) is 97.3 Å². The first-order chi connectivity index (χ1) is 13.3. The average Bonchev–Trinajstić information content (AvgIpc) is 2.69. The van der Waals surface area contributed by atoms with Gasteiger partial charge >= 0.3 is 0 Å². The molecular formula is C27H40. The van der Waals surface area contributed by atoms with Gasteiger partial charge < -0.3 is 0 Å².